The molecule has 0 saturated heterocycles. The van der Waals surface area contributed by atoms with Gasteiger partial charge in [-0.05, 0) is 15.9 Å². The molecule has 11 heavy (non-hydrogen) atoms. The third-order valence-electron chi connectivity index (χ3n) is 1.15. The average Bonchev–Trinajstić information content (AvgIpc) is 2.37. The summed E-state index contributed by atoms with van der Waals surface area (Å²) in [5.74, 6) is 0. The molecule has 0 unspecified atom stereocenters. The van der Waals surface area contributed by atoms with E-state index < -0.39 is 0 Å². The Labute approximate surface area is 72.7 Å². The van der Waals surface area contributed by atoms with Crippen molar-refractivity contribution in [3.8, 4) is 0 Å². The summed E-state index contributed by atoms with van der Waals surface area (Å²) in [6.45, 7) is 0.846. The van der Waals surface area contributed by atoms with E-state index in [0.29, 0.717) is 13.2 Å². The number of ether oxygens (including phenoxy) is 1. The lowest BCUT2D eigenvalue weighted by atomic mass is 10.5. The lowest BCUT2D eigenvalue weighted by Crippen LogP contribution is -1.99. The zero-order valence-electron chi connectivity index (χ0n) is 5.88. The molecular weight excluding hydrogens is 212 g/mol. The van der Waals surface area contributed by atoms with Gasteiger partial charge in [-0.3, -0.25) is 5.10 Å². The Bertz CT molecular complexity index is 214. The van der Waals surface area contributed by atoms with Gasteiger partial charge < -0.3 is 9.84 Å². The summed E-state index contributed by atoms with van der Waals surface area (Å²) >= 11 is 3.28. The van der Waals surface area contributed by atoms with Gasteiger partial charge in [0.15, 0.2) is 0 Å². The van der Waals surface area contributed by atoms with Crippen molar-refractivity contribution in [2.45, 2.75) is 6.61 Å². The van der Waals surface area contributed by atoms with Crippen molar-refractivity contribution in [2.24, 2.45) is 0 Å². The Morgan fingerprint density at radius 1 is 1.73 bits per heavy atom. The van der Waals surface area contributed by atoms with Gasteiger partial charge in [0.2, 0.25) is 0 Å². The summed E-state index contributed by atoms with van der Waals surface area (Å²) in [5, 5.41) is 14.9. The molecule has 0 radical (unpaired) electrons. The van der Waals surface area contributed by atoms with Crippen molar-refractivity contribution in [3.05, 3.63) is 16.4 Å². The SMILES string of the molecule is OCCOCc1[nH]ncc1Br. The van der Waals surface area contributed by atoms with Crippen molar-refractivity contribution in [1.29, 1.82) is 0 Å². The van der Waals surface area contributed by atoms with Crippen LogP contribution in [-0.4, -0.2) is 28.5 Å². The van der Waals surface area contributed by atoms with E-state index in [2.05, 4.69) is 26.1 Å². The van der Waals surface area contributed by atoms with Crippen LogP contribution in [0.15, 0.2) is 10.7 Å². The highest BCUT2D eigenvalue weighted by Crippen LogP contribution is 2.12. The second-order valence-corrected chi connectivity index (χ2v) is 2.83. The molecule has 0 spiro atoms. The van der Waals surface area contributed by atoms with Gasteiger partial charge in [-0.2, -0.15) is 5.10 Å². The van der Waals surface area contributed by atoms with Gasteiger partial charge in [0.1, 0.15) is 0 Å². The van der Waals surface area contributed by atoms with Crippen LogP contribution in [-0.2, 0) is 11.3 Å². The second-order valence-electron chi connectivity index (χ2n) is 1.97. The van der Waals surface area contributed by atoms with Crippen LogP contribution in [0.4, 0.5) is 0 Å². The highest BCUT2D eigenvalue weighted by atomic mass is 79.9. The maximum absolute atomic E-state index is 8.40. The Morgan fingerprint density at radius 2 is 2.55 bits per heavy atom. The van der Waals surface area contributed by atoms with Crippen LogP contribution in [0.3, 0.4) is 0 Å². The lowest BCUT2D eigenvalue weighted by Gasteiger charge is -1.98. The Hall–Kier alpha value is -0.390. The molecular formula is C6H9BrN2O2. The fourth-order valence-electron chi connectivity index (χ4n) is 0.638. The average molecular weight is 221 g/mol. The summed E-state index contributed by atoms with van der Waals surface area (Å²) in [6.07, 6.45) is 1.66. The molecule has 0 aliphatic heterocycles. The van der Waals surface area contributed by atoms with E-state index in [9.17, 15) is 0 Å². The summed E-state index contributed by atoms with van der Waals surface area (Å²) in [5.41, 5.74) is 0.887. The van der Waals surface area contributed by atoms with E-state index in [1.54, 1.807) is 6.20 Å². The van der Waals surface area contributed by atoms with Gasteiger partial charge in [0, 0.05) is 0 Å². The molecule has 0 aliphatic carbocycles. The summed E-state index contributed by atoms with van der Waals surface area (Å²) in [7, 11) is 0. The zero-order valence-corrected chi connectivity index (χ0v) is 7.47. The molecule has 1 rings (SSSR count). The van der Waals surface area contributed by atoms with Gasteiger partial charge >= 0.3 is 0 Å². The van der Waals surface area contributed by atoms with Gasteiger partial charge in [0.05, 0.1) is 36.2 Å². The topological polar surface area (TPSA) is 58.1 Å². The first-order chi connectivity index (χ1) is 5.34. The third kappa shape index (κ3) is 2.61. The number of halogens is 1. The number of aromatic amines is 1. The van der Waals surface area contributed by atoms with Crippen LogP contribution in [0, 0.1) is 0 Å². The van der Waals surface area contributed by atoms with E-state index in [4.69, 9.17) is 9.84 Å². The first-order valence-corrected chi connectivity index (χ1v) is 4.00. The first kappa shape index (κ1) is 8.70. The van der Waals surface area contributed by atoms with E-state index >= 15 is 0 Å². The molecule has 4 nitrogen and oxygen atoms in total. The molecule has 1 aromatic rings. The molecule has 62 valence electrons. The zero-order chi connectivity index (χ0) is 8.10. The van der Waals surface area contributed by atoms with E-state index in [1.807, 2.05) is 0 Å². The minimum atomic E-state index is 0.0474. The number of nitrogens with one attached hydrogen (secondary N) is 1. The van der Waals surface area contributed by atoms with E-state index in [1.165, 1.54) is 0 Å². The second kappa shape index (κ2) is 4.48. The largest absolute Gasteiger partial charge is 0.394 e. The standard InChI is InChI=1S/C6H9BrN2O2/c7-5-3-8-9-6(5)4-11-2-1-10/h3,10H,1-2,4H2,(H,8,9). The molecule has 0 aliphatic rings. The van der Waals surface area contributed by atoms with Crippen LogP contribution in [0.2, 0.25) is 0 Å². The van der Waals surface area contributed by atoms with Crippen molar-refractivity contribution in [2.75, 3.05) is 13.2 Å². The maximum Gasteiger partial charge on any atom is 0.0894 e. The highest BCUT2D eigenvalue weighted by Gasteiger charge is 1.99. The quantitative estimate of drug-likeness (QED) is 0.735. The molecule has 0 fully saturated rings. The Morgan fingerprint density at radius 3 is 3.09 bits per heavy atom. The van der Waals surface area contributed by atoms with Gasteiger partial charge in [0.25, 0.3) is 0 Å². The number of aliphatic hydroxyl groups excluding tert-OH is 1. The van der Waals surface area contributed by atoms with Crippen molar-refractivity contribution >= 4 is 15.9 Å². The number of aromatic nitrogens is 2. The molecule has 0 saturated carbocycles. The number of aliphatic hydroxyl groups is 1. The first-order valence-electron chi connectivity index (χ1n) is 3.21. The van der Waals surface area contributed by atoms with Gasteiger partial charge in [-0.25, -0.2) is 0 Å². The minimum Gasteiger partial charge on any atom is -0.394 e. The minimum absolute atomic E-state index is 0.0474. The fraction of sp³-hybridized carbons (Fsp3) is 0.500. The highest BCUT2D eigenvalue weighted by molar-refractivity contribution is 9.10. The summed E-state index contributed by atoms with van der Waals surface area (Å²) in [4.78, 5) is 0. The molecule has 1 heterocycles. The van der Waals surface area contributed by atoms with Crippen LogP contribution >= 0.6 is 15.9 Å². The maximum atomic E-state index is 8.40. The van der Waals surface area contributed by atoms with Crippen molar-refractivity contribution in [3.63, 3.8) is 0 Å². The number of nitrogens with zero attached hydrogens (tertiary/aromatic N) is 1. The number of H-pyrrole nitrogens is 1. The van der Waals surface area contributed by atoms with Gasteiger partial charge in [-0.15, -0.1) is 0 Å². The monoisotopic (exact) mass is 220 g/mol. The van der Waals surface area contributed by atoms with Crippen LogP contribution in [0.25, 0.3) is 0 Å². The number of hydrogen-bond acceptors (Lipinski definition) is 3. The van der Waals surface area contributed by atoms with Gasteiger partial charge in [-0.1, -0.05) is 0 Å². The Balaban J connectivity index is 2.32. The molecule has 0 bridgehead atoms. The van der Waals surface area contributed by atoms with Crippen molar-refractivity contribution in [1.82, 2.24) is 10.2 Å². The van der Waals surface area contributed by atoms with Crippen LogP contribution in [0.1, 0.15) is 5.69 Å². The van der Waals surface area contributed by atoms with E-state index in [-0.39, 0.29) is 6.61 Å². The van der Waals surface area contributed by atoms with Crippen molar-refractivity contribution < 1.29 is 9.84 Å². The lowest BCUT2D eigenvalue weighted by molar-refractivity contribution is 0.0794. The third-order valence-corrected chi connectivity index (χ3v) is 1.83. The summed E-state index contributed by atoms with van der Waals surface area (Å²) < 4.78 is 5.96. The number of hydrogen-bond donors (Lipinski definition) is 2. The van der Waals surface area contributed by atoms with Crippen LogP contribution < -0.4 is 0 Å². The molecule has 1 aromatic heterocycles. The molecule has 0 aromatic carbocycles. The normalized spacial score (nSPS) is 10.4. The fourth-order valence-corrected chi connectivity index (χ4v) is 0.944. The van der Waals surface area contributed by atoms with E-state index in [0.717, 1.165) is 10.2 Å². The molecule has 0 amide bonds. The van der Waals surface area contributed by atoms with Crippen LogP contribution in [0.5, 0.6) is 0 Å². The molecule has 2 N–H and O–H groups in total. The predicted octanol–water partition coefficient (Wildman–Crippen LogP) is 0.681. The molecule has 5 heteroatoms. The smallest absolute Gasteiger partial charge is 0.0894 e. The predicted molar refractivity (Wildman–Crippen MR) is 43.0 cm³/mol. The molecule has 0 atom stereocenters. The summed E-state index contributed by atoms with van der Waals surface area (Å²) in [6, 6.07) is 0. The number of rotatable bonds is 4. The Kier molecular flexibility index (Phi) is 3.55.